The minimum atomic E-state index is -2.02. The fraction of sp³-hybridized carbons (Fsp3) is 0.431. The van der Waals surface area contributed by atoms with Crippen LogP contribution in [0.4, 0.5) is 9.18 Å². The molecule has 0 radical (unpaired) electrons. The summed E-state index contributed by atoms with van der Waals surface area (Å²) in [4.78, 5) is 163. The number of nitrogens with two attached hydrogens (primary N) is 2. The van der Waals surface area contributed by atoms with E-state index < -0.39 is 157 Å². The van der Waals surface area contributed by atoms with E-state index in [2.05, 4.69) is 69.0 Å². The molecule has 4 rings (SSSR count). The number of carboxylic acid groups (broad SMARTS) is 1. The molecule has 0 bridgehead atoms. The summed E-state index contributed by atoms with van der Waals surface area (Å²) in [5.74, 6) is -13.0. The number of hydrazine groups is 1. The van der Waals surface area contributed by atoms with Crippen LogP contribution in [-0.2, 0) is 72.0 Å². The van der Waals surface area contributed by atoms with Gasteiger partial charge in [0, 0.05) is 63.3 Å². The number of hydrogen-bond acceptors (Lipinski definition) is 15. The number of guanidine groups is 1. The number of phenolic OH excluding ortho intramolecular Hbond substituents is 1. The van der Waals surface area contributed by atoms with Crippen molar-refractivity contribution in [2.24, 2.45) is 17.4 Å². The van der Waals surface area contributed by atoms with E-state index in [9.17, 15) is 77.2 Å². The maximum absolute atomic E-state index is 14.5. The number of aliphatic hydroxyl groups is 1. The van der Waals surface area contributed by atoms with Crippen LogP contribution in [0.25, 0.3) is 10.9 Å². The van der Waals surface area contributed by atoms with Crippen LogP contribution in [0.3, 0.4) is 0 Å². The van der Waals surface area contributed by atoms with E-state index >= 15 is 0 Å². The fourth-order valence-corrected chi connectivity index (χ4v) is 9.11. The van der Waals surface area contributed by atoms with Crippen LogP contribution in [0.2, 0.25) is 0 Å². The molecule has 1 heterocycles. The van der Waals surface area contributed by atoms with E-state index in [0.29, 0.717) is 11.1 Å². The summed E-state index contributed by atoms with van der Waals surface area (Å²) in [5, 5.41) is 63.2. The van der Waals surface area contributed by atoms with E-state index in [4.69, 9.17) is 16.9 Å². The van der Waals surface area contributed by atoms with Crippen LogP contribution < -0.4 is 75.5 Å². The van der Waals surface area contributed by atoms with Crippen LogP contribution in [0.5, 0.6) is 5.75 Å². The van der Waals surface area contributed by atoms with Gasteiger partial charge in [0.1, 0.15) is 59.9 Å². The quantitative estimate of drug-likeness (QED) is 0.00981. The lowest BCUT2D eigenvalue weighted by molar-refractivity contribution is -0.139. The Hall–Kier alpha value is -10.4. The predicted octanol–water partition coefficient (Wildman–Crippen LogP) is -2.67. The second-order valence-electron chi connectivity index (χ2n) is 21.5. The molecule has 12 amide bonds. The number of carboxylic acids is 1. The van der Waals surface area contributed by atoms with Gasteiger partial charge in [0.25, 0.3) is 5.91 Å². The number of nitrogens with one attached hydrogen (secondary N) is 14. The summed E-state index contributed by atoms with van der Waals surface area (Å²) in [7, 11) is 1.52. The molecule has 3 aromatic carbocycles. The molecule has 0 fully saturated rings. The van der Waals surface area contributed by atoms with Gasteiger partial charge in [-0.15, -0.1) is 0 Å². The van der Waals surface area contributed by atoms with Gasteiger partial charge in [-0.2, -0.15) is 0 Å². The van der Waals surface area contributed by atoms with Crippen LogP contribution >= 0.6 is 0 Å². The molecule has 9 atom stereocenters. The molecule has 21 N–H and O–H groups in total. The maximum Gasteiger partial charge on any atom is 0.334 e. The lowest BCUT2D eigenvalue weighted by Crippen LogP contribution is -2.62. The second-order valence-corrected chi connectivity index (χ2v) is 21.5. The van der Waals surface area contributed by atoms with Crippen molar-refractivity contribution >= 4 is 87.9 Å². The number of urea groups is 1. The number of aromatic hydroxyl groups is 1. The number of phenols is 1. The first kappa shape index (κ1) is 72.1. The Morgan fingerprint density at radius 3 is 1.80 bits per heavy atom. The number of carbonyl (C=O) groups is 12. The number of aliphatic hydroxyl groups excluding tert-OH is 1. The van der Waals surface area contributed by atoms with Crippen molar-refractivity contribution in [1.82, 2.24) is 69.0 Å². The van der Waals surface area contributed by atoms with E-state index in [-0.39, 0.29) is 61.8 Å². The topological polar surface area (TPSA) is 502 Å². The first-order valence-corrected chi connectivity index (χ1v) is 28.5. The minimum absolute atomic E-state index is 0.0113. The molecule has 0 unspecified atom stereocenters. The Morgan fingerprint density at radius 2 is 1.20 bits per heavy atom. The minimum Gasteiger partial charge on any atom is -0.508 e. The first-order valence-electron chi connectivity index (χ1n) is 28.5. The highest BCUT2D eigenvalue weighted by atomic mass is 19.1. The Labute approximate surface area is 516 Å². The van der Waals surface area contributed by atoms with E-state index in [0.717, 1.165) is 36.9 Å². The van der Waals surface area contributed by atoms with Crippen molar-refractivity contribution in [2.75, 3.05) is 13.6 Å². The highest BCUT2D eigenvalue weighted by Gasteiger charge is 2.36. The van der Waals surface area contributed by atoms with Gasteiger partial charge in [-0.1, -0.05) is 56.3 Å². The third kappa shape index (κ3) is 24.4. The molecule has 4 aromatic rings. The number of amides is 12. The number of rotatable bonds is 34. The van der Waals surface area contributed by atoms with Gasteiger partial charge in [-0.05, 0) is 85.5 Å². The SMILES string of the molecule is CNC(=N)NCCC[C@H](NC(=O)[C@H](CC(C)C)NC(=O)NNC(=O)[C@H](Cc1cccc(F)c1)NC(=O)[C@@H](NC(=O)[C@H](CC(N)=O)NC(=O)[C@H](CCC(=O)O)NC(=O)[C@@H](Cc1ccc(O)cc1)NC(C)=O)[C@@H](C)O)C(=O)N[C@@H](Cc1c[nH]c2ccccc12)C(N)=O. The molecular formula is C58H79FN16O15. The summed E-state index contributed by atoms with van der Waals surface area (Å²) in [5.41, 5.74) is 17.4. The molecule has 32 heteroatoms. The number of halogens is 1. The van der Waals surface area contributed by atoms with Crippen LogP contribution in [0.15, 0.2) is 79.0 Å². The summed E-state index contributed by atoms with van der Waals surface area (Å²) in [6, 6.07) is 3.58. The van der Waals surface area contributed by atoms with Gasteiger partial charge < -0.3 is 84.9 Å². The molecule has 90 heavy (non-hydrogen) atoms. The number of hydrogen-bond donors (Lipinski definition) is 19. The van der Waals surface area contributed by atoms with E-state index in [1.807, 2.05) is 18.2 Å². The Kier molecular flexibility index (Phi) is 28.4. The summed E-state index contributed by atoms with van der Waals surface area (Å²) in [6.07, 6.45) is -2.98. The van der Waals surface area contributed by atoms with Crippen LogP contribution in [-0.4, -0.2) is 165 Å². The van der Waals surface area contributed by atoms with Crippen molar-refractivity contribution in [3.05, 3.63) is 102 Å². The molecule has 0 spiro atoms. The number of para-hydroxylation sites is 1. The average molecular weight is 1260 g/mol. The lowest BCUT2D eigenvalue weighted by atomic mass is 10.0. The third-order valence-corrected chi connectivity index (χ3v) is 13.7. The summed E-state index contributed by atoms with van der Waals surface area (Å²) in [6.45, 7) is 5.78. The third-order valence-electron chi connectivity index (χ3n) is 13.7. The van der Waals surface area contributed by atoms with Gasteiger partial charge >= 0.3 is 12.0 Å². The molecule has 488 valence electrons. The van der Waals surface area contributed by atoms with Gasteiger partial charge in [0.05, 0.1) is 12.5 Å². The number of primary amides is 2. The zero-order valence-electron chi connectivity index (χ0n) is 50.1. The number of aliphatic carboxylic acids is 1. The zero-order chi connectivity index (χ0) is 66.8. The molecule has 0 aliphatic heterocycles. The Morgan fingerprint density at radius 1 is 0.622 bits per heavy atom. The standard InChI is InChI=1S/C58H79FN16O15/c1-29(2)22-42(52(85)67-39(14-9-21-64-57(62)63-5)50(83)69-41(49(61)82)26-34-28-65-38-13-7-6-12-37(34)38)72-58(90)75-74-55(88)44(25-33-10-8-11-35(59)23-33)71-56(89)48(30(3)76)73-54(87)45(27-46(60)79)70-51(84)40(19-20-47(80)81)68-53(86)43(66-31(4)77)24-32-15-17-36(78)18-16-32/h6-8,10-13,15-18,23,28-30,39-45,48,65,76,78H,9,14,19-22,24-27H2,1-5H3,(H2,60,79)(H2,61,82)(H,66,77)(H,67,85)(H,68,86)(H,69,83)(H,70,84)(H,71,89)(H,73,87)(H,74,88)(H,80,81)(H3,62,63,64)(H2,72,75,90)/t30-,39+,40+,41+,42+,43-,44+,45+,48+/m1/s1. The summed E-state index contributed by atoms with van der Waals surface area (Å²) >= 11 is 0. The maximum atomic E-state index is 14.5. The van der Waals surface area contributed by atoms with Gasteiger partial charge in [-0.25, -0.2) is 14.6 Å². The number of H-pyrrole nitrogens is 1. The largest absolute Gasteiger partial charge is 0.508 e. The highest BCUT2D eigenvalue weighted by molar-refractivity contribution is 5.99. The second kappa shape index (κ2) is 35.4. The van der Waals surface area contributed by atoms with Crippen LogP contribution in [0.1, 0.15) is 82.9 Å². The van der Waals surface area contributed by atoms with Gasteiger partial charge in [0.15, 0.2) is 5.96 Å². The van der Waals surface area contributed by atoms with Crippen molar-refractivity contribution in [3.8, 4) is 5.75 Å². The van der Waals surface area contributed by atoms with Crippen molar-refractivity contribution in [1.29, 1.82) is 5.41 Å². The number of carbonyl (C=O) groups excluding carboxylic acids is 11. The number of benzene rings is 3. The first-order chi connectivity index (χ1) is 42.5. The molecule has 0 aliphatic carbocycles. The number of aromatic nitrogens is 1. The molecule has 0 aliphatic rings. The van der Waals surface area contributed by atoms with Gasteiger partial charge in [-0.3, -0.25) is 63.6 Å². The number of fused-ring (bicyclic) bond motifs is 1. The molecule has 0 saturated carbocycles. The van der Waals surface area contributed by atoms with E-state index in [1.54, 1.807) is 26.1 Å². The van der Waals surface area contributed by atoms with E-state index in [1.165, 1.54) is 43.4 Å². The predicted molar refractivity (Wildman–Crippen MR) is 322 cm³/mol. The number of aromatic amines is 1. The van der Waals surface area contributed by atoms with Crippen molar-refractivity contribution in [2.45, 2.75) is 140 Å². The average Bonchev–Trinajstić information content (AvgIpc) is 1.98. The molecule has 31 nitrogen and oxygen atoms in total. The molecule has 1 aromatic heterocycles. The Balaban J connectivity index is 1.52. The summed E-state index contributed by atoms with van der Waals surface area (Å²) < 4.78 is 14.5. The fourth-order valence-electron chi connectivity index (χ4n) is 9.11. The lowest BCUT2D eigenvalue weighted by Gasteiger charge is -2.28. The monoisotopic (exact) mass is 1260 g/mol. The molecular weight excluding hydrogens is 1180 g/mol. The highest BCUT2D eigenvalue weighted by Crippen LogP contribution is 2.20. The Bertz CT molecular complexity index is 3220. The van der Waals surface area contributed by atoms with Crippen molar-refractivity contribution < 1.29 is 77.2 Å². The molecule has 0 saturated heterocycles. The van der Waals surface area contributed by atoms with Crippen LogP contribution in [0, 0.1) is 17.1 Å². The smallest absolute Gasteiger partial charge is 0.334 e. The van der Waals surface area contributed by atoms with Gasteiger partial charge in [0.2, 0.25) is 53.2 Å². The van der Waals surface area contributed by atoms with Crippen molar-refractivity contribution in [3.63, 3.8) is 0 Å². The zero-order valence-corrected chi connectivity index (χ0v) is 50.1. The normalized spacial score (nSPS) is 14.0.